The van der Waals surface area contributed by atoms with E-state index in [9.17, 15) is 4.79 Å². The lowest BCUT2D eigenvalue weighted by Crippen LogP contribution is -2.53. The van der Waals surface area contributed by atoms with E-state index in [1.54, 1.807) is 6.20 Å². The highest BCUT2D eigenvalue weighted by Crippen LogP contribution is 2.19. The van der Waals surface area contributed by atoms with Gasteiger partial charge in [0.2, 0.25) is 5.91 Å². The zero-order chi connectivity index (χ0) is 13.8. The van der Waals surface area contributed by atoms with E-state index >= 15 is 0 Å². The van der Waals surface area contributed by atoms with Crippen LogP contribution in [-0.2, 0) is 11.2 Å². The van der Waals surface area contributed by atoms with Crippen LogP contribution in [0.4, 0.5) is 0 Å². The second-order valence-corrected chi connectivity index (χ2v) is 4.94. The number of hydrogen-bond acceptors (Lipinski definition) is 3. The molecule has 2 N–H and O–H groups in total. The first-order chi connectivity index (χ1) is 9.83. The zero-order valence-electron chi connectivity index (χ0n) is 12.0. The molecule has 1 atom stereocenters. The number of amides is 1. The molecule has 0 radical (unpaired) electrons. The SMILES string of the molecule is Cl.Cl.O=C1NCCNC1Cc1ccc(-c2cccnc2)cc1. The van der Waals surface area contributed by atoms with E-state index in [0.29, 0.717) is 0 Å². The average Bonchev–Trinajstić information content (AvgIpc) is 2.51. The Labute approximate surface area is 142 Å². The van der Waals surface area contributed by atoms with Crippen LogP contribution in [0, 0.1) is 0 Å². The number of rotatable bonds is 3. The minimum atomic E-state index is -0.118. The lowest BCUT2D eigenvalue weighted by molar-refractivity contribution is -0.124. The number of carbonyl (C=O) groups excluding carboxylic acids is 1. The molecule has 0 aliphatic carbocycles. The summed E-state index contributed by atoms with van der Waals surface area (Å²) in [7, 11) is 0. The minimum Gasteiger partial charge on any atom is -0.353 e. The lowest BCUT2D eigenvalue weighted by Gasteiger charge is -2.23. The third kappa shape index (κ3) is 4.44. The fourth-order valence-corrected chi connectivity index (χ4v) is 2.42. The standard InChI is InChI=1S/C16H17N3O.2ClH/c20-16-15(18-8-9-19-16)10-12-3-5-13(6-4-12)14-2-1-7-17-11-14;;/h1-7,11,15,18H,8-10H2,(H,19,20);2*1H. The molecule has 118 valence electrons. The molecule has 0 spiro atoms. The van der Waals surface area contributed by atoms with Crippen molar-refractivity contribution < 1.29 is 4.79 Å². The number of benzene rings is 1. The monoisotopic (exact) mass is 339 g/mol. The van der Waals surface area contributed by atoms with E-state index in [-0.39, 0.29) is 36.8 Å². The normalized spacial score (nSPS) is 16.9. The number of aromatic nitrogens is 1. The van der Waals surface area contributed by atoms with Crippen LogP contribution in [0.25, 0.3) is 11.1 Å². The fraction of sp³-hybridized carbons (Fsp3) is 0.250. The lowest BCUT2D eigenvalue weighted by atomic mass is 10.0. The highest BCUT2D eigenvalue weighted by molar-refractivity contribution is 5.85. The summed E-state index contributed by atoms with van der Waals surface area (Å²) in [6.07, 6.45) is 4.34. The van der Waals surface area contributed by atoms with Gasteiger partial charge in [0.1, 0.15) is 0 Å². The Kier molecular flexibility index (Phi) is 7.32. The van der Waals surface area contributed by atoms with Gasteiger partial charge in [0.15, 0.2) is 0 Å². The summed E-state index contributed by atoms with van der Waals surface area (Å²) in [6.45, 7) is 1.56. The van der Waals surface area contributed by atoms with Crippen LogP contribution in [0.15, 0.2) is 48.8 Å². The molecule has 3 rings (SSSR count). The summed E-state index contributed by atoms with van der Waals surface area (Å²) in [5.74, 6) is 0.0904. The number of halogens is 2. The number of piperazine rings is 1. The van der Waals surface area contributed by atoms with Crippen molar-refractivity contribution in [1.29, 1.82) is 0 Å². The van der Waals surface area contributed by atoms with Gasteiger partial charge >= 0.3 is 0 Å². The van der Waals surface area contributed by atoms with E-state index in [1.165, 1.54) is 0 Å². The molecule has 1 fully saturated rings. The molecule has 2 aromatic rings. The number of nitrogens with one attached hydrogen (secondary N) is 2. The van der Waals surface area contributed by atoms with Crippen molar-refractivity contribution in [2.45, 2.75) is 12.5 Å². The molecule has 1 unspecified atom stereocenters. The first-order valence-corrected chi connectivity index (χ1v) is 6.83. The van der Waals surface area contributed by atoms with E-state index < -0.39 is 0 Å². The molecule has 1 aliphatic heterocycles. The smallest absolute Gasteiger partial charge is 0.237 e. The second-order valence-electron chi connectivity index (χ2n) is 4.94. The summed E-state index contributed by atoms with van der Waals surface area (Å²) in [5, 5.41) is 6.12. The molecule has 1 amide bonds. The van der Waals surface area contributed by atoms with Crippen LogP contribution in [-0.4, -0.2) is 30.0 Å². The molecule has 1 saturated heterocycles. The van der Waals surface area contributed by atoms with Crippen molar-refractivity contribution >= 4 is 30.7 Å². The van der Waals surface area contributed by atoms with Crippen LogP contribution in [0.1, 0.15) is 5.56 Å². The summed E-state index contributed by atoms with van der Waals surface area (Å²) >= 11 is 0. The van der Waals surface area contributed by atoms with Gasteiger partial charge in [-0.2, -0.15) is 0 Å². The molecule has 0 bridgehead atoms. The van der Waals surface area contributed by atoms with E-state index in [1.807, 2.05) is 18.3 Å². The average molecular weight is 340 g/mol. The maximum atomic E-state index is 11.7. The van der Waals surface area contributed by atoms with Crippen molar-refractivity contribution in [2.24, 2.45) is 0 Å². The Hall–Kier alpha value is -1.62. The van der Waals surface area contributed by atoms with Crippen molar-refractivity contribution in [1.82, 2.24) is 15.6 Å². The van der Waals surface area contributed by atoms with E-state index in [2.05, 4.69) is 39.9 Å². The maximum Gasteiger partial charge on any atom is 0.237 e. The Morgan fingerprint density at radius 2 is 1.82 bits per heavy atom. The van der Waals surface area contributed by atoms with Gasteiger partial charge in [-0.1, -0.05) is 30.3 Å². The Morgan fingerprint density at radius 1 is 1.05 bits per heavy atom. The minimum absolute atomic E-state index is 0. The molecule has 6 heteroatoms. The van der Waals surface area contributed by atoms with Crippen LogP contribution in [0.5, 0.6) is 0 Å². The van der Waals surface area contributed by atoms with Crippen molar-refractivity contribution in [3.05, 3.63) is 54.4 Å². The predicted octanol–water partition coefficient (Wildman–Crippen LogP) is 2.22. The fourth-order valence-electron chi connectivity index (χ4n) is 2.42. The molecule has 1 aliphatic rings. The van der Waals surface area contributed by atoms with Crippen LogP contribution in [0.2, 0.25) is 0 Å². The van der Waals surface area contributed by atoms with Crippen LogP contribution < -0.4 is 10.6 Å². The zero-order valence-corrected chi connectivity index (χ0v) is 13.6. The van der Waals surface area contributed by atoms with Crippen LogP contribution >= 0.6 is 24.8 Å². The summed E-state index contributed by atoms with van der Waals surface area (Å²) in [4.78, 5) is 15.8. The second kappa shape index (κ2) is 8.73. The molecule has 1 aromatic heterocycles. The first kappa shape index (κ1) is 18.4. The molecule has 0 saturated carbocycles. The number of nitrogens with zero attached hydrogens (tertiary/aromatic N) is 1. The van der Waals surface area contributed by atoms with Gasteiger partial charge in [0.05, 0.1) is 6.04 Å². The molecule has 22 heavy (non-hydrogen) atoms. The quantitative estimate of drug-likeness (QED) is 0.901. The topological polar surface area (TPSA) is 54.0 Å². The Morgan fingerprint density at radius 3 is 2.45 bits per heavy atom. The van der Waals surface area contributed by atoms with Crippen LogP contribution in [0.3, 0.4) is 0 Å². The molecular formula is C16H19Cl2N3O. The number of carbonyl (C=O) groups is 1. The highest BCUT2D eigenvalue weighted by Gasteiger charge is 2.21. The van der Waals surface area contributed by atoms with Crippen molar-refractivity contribution in [3.63, 3.8) is 0 Å². The van der Waals surface area contributed by atoms with Gasteiger partial charge in [-0.25, -0.2) is 0 Å². The van der Waals surface area contributed by atoms with Gasteiger partial charge in [0.25, 0.3) is 0 Å². The van der Waals surface area contributed by atoms with Gasteiger partial charge in [-0.05, 0) is 29.2 Å². The van der Waals surface area contributed by atoms with Crippen molar-refractivity contribution in [2.75, 3.05) is 13.1 Å². The molecule has 1 aromatic carbocycles. The third-order valence-electron chi connectivity index (χ3n) is 3.52. The predicted molar refractivity (Wildman–Crippen MR) is 92.7 cm³/mol. The Bertz CT molecular complexity index is 590. The molecule has 4 nitrogen and oxygen atoms in total. The molecular weight excluding hydrogens is 321 g/mol. The van der Waals surface area contributed by atoms with Gasteiger partial charge < -0.3 is 10.6 Å². The maximum absolute atomic E-state index is 11.7. The largest absolute Gasteiger partial charge is 0.353 e. The Balaban J connectivity index is 0.00000121. The first-order valence-electron chi connectivity index (χ1n) is 6.83. The highest BCUT2D eigenvalue weighted by atomic mass is 35.5. The third-order valence-corrected chi connectivity index (χ3v) is 3.52. The number of hydrogen-bond donors (Lipinski definition) is 2. The van der Waals surface area contributed by atoms with Gasteiger partial charge in [0, 0.05) is 25.5 Å². The van der Waals surface area contributed by atoms with Gasteiger partial charge in [-0.15, -0.1) is 24.8 Å². The van der Waals surface area contributed by atoms with Gasteiger partial charge in [-0.3, -0.25) is 9.78 Å². The molecule has 2 heterocycles. The van der Waals surface area contributed by atoms with E-state index in [4.69, 9.17) is 0 Å². The van der Waals surface area contributed by atoms with Crippen molar-refractivity contribution in [3.8, 4) is 11.1 Å². The summed E-state index contributed by atoms with van der Waals surface area (Å²) in [6, 6.07) is 12.2. The van der Waals surface area contributed by atoms with E-state index in [0.717, 1.165) is 36.2 Å². The summed E-state index contributed by atoms with van der Waals surface area (Å²) < 4.78 is 0. The number of pyridine rings is 1. The summed E-state index contributed by atoms with van der Waals surface area (Å²) in [5.41, 5.74) is 3.41.